The van der Waals surface area contributed by atoms with E-state index in [1.54, 1.807) is 11.1 Å². The molecule has 0 spiro atoms. The molecule has 0 N–H and O–H groups in total. The zero-order valence-electron chi connectivity index (χ0n) is 16.2. The summed E-state index contributed by atoms with van der Waals surface area (Å²) in [6.07, 6.45) is 4.65. The van der Waals surface area contributed by atoms with Crippen molar-refractivity contribution in [2.45, 2.75) is 37.0 Å². The van der Waals surface area contributed by atoms with Crippen molar-refractivity contribution in [1.82, 2.24) is 0 Å². The maximum atomic E-state index is 7.85. The van der Waals surface area contributed by atoms with Gasteiger partial charge in [-0.05, 0) is 60.1 Å². The second kappa shape index (κ2) is 7.28. The first-order chi connectivity index (χ1) is 13.8. The second-order valence-electron chi connectivity index (χ2n) is 8.27. The van der Waals surface area contributed by atoms with Crippen LogP contribution in [0.15, 0.2) is 78.9 Å². The highest BCUT2D eigenvalue weighted by Gasteiger charge is 2.64. The van der Waals surface area contributed by atoms with Crippen molar-refractivity contribution in [1.29, 1.82) is 0 Å². The summed E-state index contributed by atoms with van der Waals surface area (Å²) >= 11 is 7.85. The van der Waals surface area contributed by atoms with Crippen LogP contribution in [0.2, 0.25) is 0 Å². The van der Waals surface area contributed by atoms with Gasteiger partial charge in [0.05, 0.1) is 11.2 Å². The minimum Gasteiger partial charge on any atom is -1.00 e. The Morgan fingerprint density at radius 1 is 0.621 bits per heavy atom. The van der Waals surface area contributed by atoms with E-state index in [9.17, 15) is 0 Å². The van der Waals surface area contributed by atoms with Crippen LogP contribution in [0.5, 0.6) is 0 Å². The number of aryl methyl sites for hydroxylation is 2. The van der Waals surface area contributed by atoms with Crippen LogP contribution in [0.4, 0.5) is 0 Å². The van der Waals surface area contributed by atoms with Crippen molar-refractivity contribution in [2.75, 3.05) is 0 Å². The Kier molecular flexibility index (Phi) is 4.86. The summed E-state index contributed by atoms with van der Waals surface area (Å²) in [6.45, 7) is -1.85. The van der Waals surface area contributed by atoms with Crippen LogP contribution in [0.25, 0.3) is 11.1 Å². The maximum Gasteiger partial charge on any atom is 0.161 e. The molecule has 0 nitrogen and oxygen atoms in total. The van der Waals surface area contributed by atoms with Crippen molar-refractivity contribution in [3.05, 3.63) is 101 Å². The third-order valence-corrected chi connectivity index (χ3v) is 12.9. The number of benzene rings is 3. The number of hydrogen-bond acceptors (Lipinski definition) is 0. The summed E-state index contributed by atoms with van der Waals surface area (Å²) in [5.74, 6) is 0. The van der Waals surface area contributed by atoms with Gasteiger partial charge >= 0.3 is 0 Å². The largest absolute Gasteiger partial charge is 1.00 e. The Hall–Kier alpha value is -1.59. The van der Waals surface area contributed by atoms with E-state index in [0.29, 0.717) is 11.3 Å². The summed E-state index contributed by atoms with van der Waals surface area (Å²) in [5, 5.41) is 1.40. The molecule has 0 fully saturated rings. The molecule has 0 saturated carbocycles. The first-order valence-electron chi connectivity index (χ1n) is 10.3. The molecule has 6 rings (SSSR count). The number of hydrogen-bond donors (Lipinski definition) is 0. The normalized spacial score (nSPS) is 26.7. The summed E-state index contributed by atoms with van der Waals surface area (Å²) in [7, 11) is 0. The van der Waals surface area contributed by atoms with Gasteiger partial charge in [0.15, 0.2) is 6.62 Å². The van der Waals surface area contributed by atoms with Crippen LogP contribution < -0.4 is 17.7 Å². The van der Waals surface area contributed by atoms with Gasteiger partial charge in [0.2, 0.25) is 0 Å². The Morgan fingerprint density at radius 3 is 1.59 bits per heavy atom. The fourth-order valence-electron chi connectivity index (χ4n) is 5.87. The van der Waals surface area contributed by atoms with E-state index in [1.165, 1.54) is 40.4 Å². The van der Waals surface area contributed by atoms with E-state index in [2.05, 4.69) is 78.9 Å². The van der Waals surface area contributed by atoms with E-state index < -0.39 is 6.62 Å². The van der Waals surface area contributed by atoms with E-state index in [4.69, 9.17) is 11.2 Å². The highest BCUT2D eigenvalue weighted by atomic mass is 35.7. The van der Waals surface area contributed by atoms with Crippen molar-refractivity contribution >= 4 is 34.3 Å². The van der Waals surface area contributed by atoms with Crippen molar-refractivity contribution in [3.8, 4) is 0 Å². The molecule has 1 heterocycles. The smallest absolute Gasteiger partial charge is 0.161 e. The zero-order chi connectivity index (χ0) is 18.7. The average Bonchev–Trinajstić information content (AvgIpc) is 3.05. The molecule has 3 aromatic carbocycles. The molecule has 29 heavy (non-hydrogen) atoms. The maximum absolute atomic E-state index is 7.85. The Balaban J connectivity index is 0.00000181. The van der Waals surface area contributed by atoms with Crippen LogP contribution >= 0.6 is 17.9 Å². The fourth-order valence-corrected chi connectivity index (χ4v) is 11.5. The Labute approximate surface area is 184 Å². The van der Waals surface area contributed by atoms with Gasteiger partial charge in [-0.15, -0.1) is 0 Å². The molecule has 0 radical (unpaired) electrons. The van der Waals surface area contributed by atoms with Crippen LogP contribution in [-0.4, -0.2) is 11.3 Å². The van der Waals surface area contributed by atoms with Crippen LogP contribution in [0.3, 0.4) is 0 Å². The predicted octanol–water partition coefficient (Wildman–Crippen LogP) is 3.74. The lowest BCUT2D eigenvalue weighted by Crippen LogP contribution is -3.00. The topological polar surface area (TPSA) is 0 Å². The van der Waals surface area contributed by atoms with Crippen LogP contribution in [0.1, 0.15) is 35.1 Å². The molecular weight excluding hydrogens is 414 g/mol. The van der Waals surface area contributed by atoms with Gasteiger partial charge in [0.1, 0.15) is 16.6 Å². The monoisotopic (exact) mass is 436 g/mol. The molecule has 2 unspecified atom stereocenters. The van der Waals surface area contributed by atoms with Gasteiger partial charge in [0.25, 0.3) is 0 Å². The molecule has 0 aromatic heterocycles. The van der Waals surface area contributed by atoms with E-state index in [1.807, 2.05) is 0 Å². The lowest BCUT2D eigenvalue weighted by Gasteiger charge is -2.32. The molecule has 146 valence electrons. The molecule has 1 aliphatic heterocycles. The lowest BCUT2D eigenvalue weighted by atomic mass is 9.78. The minimum absolute atomic E-state index is 0. The molecule has 3 aromatic rings. The van der Waals surface area contributed by atoms with Gasteiger partial charge in [-0.25, -0.2) is 0 Å². The van der Waals surface area contributed by atoms with Gasteiger partial charge in [0, 0.05) is 11.1 Å². The van der Waals surface area contributed by atoms with Crippen molar-refractivity contribution < 1.29 is 12.4 Å². The summed E-state index contributed by atoms with van der Waals surface area (Å²) in [6, 6.07) is 29.1. The summed E-state index contributed by atoms with van der Waals surface area (Å²) in [4.78, 5) is 0. The van der Waals surface area contributed by atoms with Crippen molar-refractivity contribution in [3.63, 3.8) is 0 Å². The van der Waals surface area contributed by atoms with E-state index >= 15 is 0 Å². The minimum atomic E-state index is -1.85. The molecule has 2 atom stereocenters. The van der Waals surface area contributed by atoms with Crippen LogP contribution in [-0.2, 0) is 12.8 Å². The molecule has 2 aliphatic carbocycles. The molecule has 3 aliphatic rings. The number of halogens is 2. The van der Waals surface area contributed by atoms with Gasteiger partial charge in [-0.1, -0.05) is 66.7 Å². The Bertz CT molecular complexity index is 1040. The van der Waals surface area contributed by atoms with Gasteiger partial charge < -0.3 is 12.4 Å². The predicted molar refractivity (Wildman–Crippen MR) is 123 cm³/mol. The summed E-state index contributed by atoms with van der Waals surface area (Å²) in [5.41, 5.74) is 10.1. The van der Waals surface area contributed by atoms with Gasteiger partial charge in [-0.3, -0.25) is 0 Å². The molecular formula is C26H23Cl2P. The fraction of sp³-hybridized carbons (Fsp3) is 0.231. The third kappa shape index (κ3) is 2.70. The highest BCUT2D eigenvalue weighted by molar-refractivity contribution is 8.06. The highest BCUT2D eigenvalue weighted by Crippen LogP contribution is 2.82. The average molecular weight is 437 g/mol. The summed E-state index contributed by atoms with van der Waals surface area (Å²) < 4.78 is 0. The second-order valence-corrected chi connectivity index (χ2v) is 13.1. The third-order valence-electron chi connectivity index (χ3n) is 7.01. The SMILES string of the molecule is Cl[P+]1(c2ccccc2)C2CCc3ccccc3C2=C2c3ccccc3CCC21.[Cl-]. The lowest BCUT2D eigenvalue weighted by molar-refractivity contribution is -0.00000524. The number of allylic oxidation sites excluding steroid dienone is 2. The number of fused-ring (bicyclic) bond motifs is 6. The Morgan fingerprint density at radius 2 is 1.07 bits per heavy atom. The van der Waals surface area contributed by atoms with E-state index in [0.717, 1.165) is 12.8 Å². The quantitative estimate of drug-likeness (QED) is 0.509. The van der Waals surface area contributed by atoms with E-state index in [-0.39, 0.29) is 12.4 Å². The molecule has 0 amide bonds. The van der Waals surface area contributed by atoms with Gasteiger partial charge in [-0.2, -0.15) is 0 Å². The standard InChI is InChI=1S/C26H23ClP.ClH/c27-28(20-10-2-1-3-11-20)23-16-14-18-8-4-6-12-21(18)25(23)26-22-13-7-5-9-19(22)15-17-24(26)28;/h1-13,23-24H,14-17H2;1H/q+1;/p-1. The molecule has 0 saturated heterocycles. The first kappa shape index (κ1) is 19.4. The number of rotatable bonds is 1. The van der Waals surface area contributed by atoms with Crippen LogP contribution in [0, 0.1) is 0 Å². The zero-order valence-corrected chi connectivity index (χ0v) is 18.6. The molecule has 3 heteroatoms. The molecule has 0 bridgehead atoms. The first-order valence-corrected chi connectivity index (χ1v) is 13.2. The van der Waals surface area contributed by atoms with Crippen molar-refractivity contribution in [2.24, 2.45) is 0 Å².